The molecular weight excluding hydrogens is 224 g/mol. The molecule has 0 fully saturated rings. The molecule has 0 unspecified atom stereocenters. The van der Waals surface area contributed by atoms with Crippen molar-refractivity contribution >= 4 is 11.0 Å². The van der Waals surface area contributed by atoms with E-state index in [2.05, 4.69) is 52.6 Å². The number of benzene rings is 1. The van der Waals surface area contributed by atoms with Crippen LogP contribution in [0.4, 0.5) is 0 Å². The van der Waals surface area contributed by atoms with Crippen LogP contribution < -0.4 is 10.6 Å². The normalized spacial score (nSPS) is 11.6. The van der Waals surface area contributed by atoms with Crippen molar-refractivity contribution in [1.29, 1.82) is 0 Å². The van der Waals surface area contributed by atoms with E-state index in [0.717, 1.165) is 36.5 Å². The van der Waals surface area contributed by atoms with Gasteiger partial charge in [0.1, 0.15) is 5.82 Å². The smallest absolute Gasteiger partial charge is 0.104 e. The molecule has 4 heteroatoms. The molecule has 0 aliphatic heterocycles. The molecule has 2 aromatic rings. The highest BCUT2D eigenvalue weighted by Crippen LogP contribution is 2.13. The number of hydrogen-bond acceptors (Lipinski definition) is 3. The fraction of sp³-hybridized carbons (Fsp3) is 0.500. The molecule has 0 spiro atoms. The van der Waals surface area contributed by atoms with E-state index in [0.29, 0.717) is 6.04 Å². The van der Waals surface area contributed by atoms with Crippen molar-refractivity contribution < 1.29 is 0 Å². The van der Waals surface area contributed by atoms with Gasteiger partial charge in [0.15, 0.2) is 0 Å². The summed E-state index contributed by atoms with van der Waals surface area (Å²) in [6.45, 7) is 9.19. The number of fused-ring (bicyclic) bond motifs is 1. The quantitative estimate of drug-likeness (QED) is 0.683. The van der Waals surface area contributed by atoms with Crippen LogP contribution in [0.15, 0.2) is 18.2 Å². The van der Waals surface area contributed by atoms with E-state index >= 15 is 0 Å². The Bertz CT molecular complexity index is 501. The van der Waals surface area contributed by atoms with Crippen LogP contribution in [0.2, 0.25) is 0 Å². The Morgan fingerprint density at radius 1 is 1.28 bits per heavy atom. The van der Waals surface area contributed by atoms with Crippen molar-refractivity contribution in [3.05, 3.63) is 29.6 Å². The monoisotopic (exact) mass is 246 g/mol. The molecule has 0 amide bonds. The Balaban J connectivity index is 1.84. The molecule has 2 rings (SSSR count). The summed E-state index contributed by atoms with van der Waals surface area (Å²) in [6.07, 6.45) is 0. The molecule has 1 heterocycles. The Morgan fingerprint density at radius 3 is 2.89 bits per heavy atom. The van der Waals surface area contributed by atoms with E-state index in [1.807, 2.05) is 6.92 Å². The molecule has 4 nitrogen and oxygen atoms in total. The van der Waals surface area contributed by atoms with Gasteiger partial charge in [0.25, 0.3) is 0 Å². The molecule has 1 aromatic carbocycles. The number of rotatable bonds is 6. The van der Waals surface area contributed by atoms with Gasteiger partial charge in [-0.25, -0.2) is 4.98 Å². The summed E-state index contributed by atoms with van der Waals surface area (Å²) in [5, 5.41) is 6.82. The lowest BCUT2D eigenvalue weighted by atomic mass is 10.2. The van der Waals surface area contributed by atoms with Crippen LogP contribution in [0.1, 0.15) is 25.2 Å². The van der Waals surface area contributed by atoms with Gasteiger partial charge in [0.2, 0.25) is 0 Å². The standard InChI is InChI=1S/C14H22N4/c1-10(2)16-7-6-15-9-12-4-5-13-14(8-12)18-11(3)17-13/h4-5,8,10,15-16H,6-7,9H2,1-3H3,(H,17,18). The Labute approximate surface area is 108 Å². The third-order valence-corrected chi connectivity index (χ3v) is 2.85. The average molecular weight is 246 g/mol. The second kappa shape index (κ2) is 5.98. The highest BCUT2D eigenvalue weighted by atomic mass is 15.0. The number of aryl methyl sites for hydroxylation is 1. The predicted molar refractivity (Wildman–Crippen MR) is 75.7 cm³/mol. The maximum absolute atomic E-state index is 4.40. The van der Waals surface area contributed by atoms with Crippen molar-refractivity contribution in [3.63, 3.8) is 0 Å². The topological polar surface area (TPSA) is 52.7 Å². The molecule has 1 aromatic heterocycles. The van der Waals surface area contributed by atoms with Crippen molar-refractivity contribution in [2.45, 2.75) is 33.4 Å². The number of hydrogen-bond donors (Lipinski definition) is 3. The SMILES string of the molecule is Cc1nc2ccc(CNCCNC(C)C)cc2[nH]1. The Kier molecular flexibility index (Phi) is 4.33. The van der Waals surface area contributed by atoms with E-state index in [9.17, 15) is 0 Å². The Hall–Kier alpha value is -1.39. The van der Waals surface area contributed by atoms with Gasteiger partial charge in [-0.15, -0.1) is 0 Å². The maximum Gasteiger partial charge on any atom is 0.104 e. The molecule has 0 bridgehead atoms. The summed E-state index contributed by atoms with van der Waals surface area (Å²) in [6, 6.07) is 6.92. The first-order chi connectivity index (χ1) is 8.65. The molecule has 0 atom stereocenters. The van der Waals surface area contributed by atoms with Gasteiger partial charge in [-0.2, -0.15) is 0 Å². The number of imidazole rings is 1. The molecule has 0 aliphatic rings. The first kappa shape index (κ1) is 13.1. The summed E-state index contributed by atoms with van der Waals surface area (Å²) < 4.78 is 0. The largest absolute Gasteiger partial charge is 0.342 e. The van der Waals surface area contributed by atoms with Gasteiger partial charge in [-0.3, -0.25) is 0 Å². The summed E-state index contributed by atoms with van der Waals surface area (Å²) in [5.74, 6) is 0.969. The summed E-state index contributed by atoms with van der Waals surface area (Å²) >= 11 is 0. The zero-order chi connectivity index (χ0) is 13.0. The van der Waals surface area contributed by atoms with Crippen LogP contribution in [0.25, 0.3) is 11.0 Å². The number of H-pyrrole nitrogens is 1. The van der Waals surface area contributed by atoms with Gasteiger partial charge in [-0.05, 0) is 24.6 Å². The minimum atomic E-state index is 0.552. The van der Waals surface area contributed by atoms with E-state index in [-0.39, 0.29) is 0 Å². The first-order valence-corrected chi connectivity index (χ1v) is 6.54. The Morgan fingerprint density at radius 2 is 2.11 bits per heavy atom. The van der Waals surface area contributed by atoms with E-state index < -0.39 is 0 Å². The van der Waals surface area contributed by atoms with Crippen molar-refractivity contribution in [1.82, 2.24) is 20.6 Å². The lowest BCUT2D eigenvalue weighted by Gasteiger charge is -2.09. The molecule has 0 saturated carbocycles. The summed E-state index contributed by atoms with van der Waals surface area (Å²) in [7, 11) is 0. The minimum absolute atomic E-state index is 0.552. The first-order valence-electron chi connectivity index (χ1n) is 6.54. The van der Waals surface area contributed by atoms with Crippen molar-refractivity contribution in [2.24, 2.45) is 0 Å². The van der Waals surface area contributed by atoms with Crippen LogP contribution in [0.5, 0.6) is 0 Å². The zero-order valence-electron chi connectivity index (χ0n) is 11.4. The molecule has 0 radical (unpaired) electrons. The lowest BCUT2D eigenvalue weighted by molar-refractivity contribution is 0.556. The highest BCUT2D eigenvalue weighted by molar-refractivity contribution is 5.75. The van der Waals surface area contributed by atoms with Crippen molar-refractivity contribution in [3.8, 4) is 0 Å². The van der Waals surface area contributed by atoms with Crippen molar-refractivity contribution in [2.75, 3.05) is 13.1 Å². The van der Waals surface area contributed by atoms with Crippen LogP contribution >= 0.6 is 0 Å². The molecule has 0 aliphatic carbocycles. The summed E-state index contributed by atoms with van der Waals surface area (Å²) in [4.78, 5) is 7.66. The maximum atomic E-state index is 4.40. The lowest BCUT2D eigenvalue weighted by Crippen LogP contribution is -2.31. The van der Waals surface area contributed by atoms with Crippen LogP contribution in [-0.2, 0) is 6.54 Å². The molecule has 18 heavy (non-hydrogen) atoms. The molecule has 0 saturated heterocycles. The van der Waals surface area contributed by atoms with E-state index in [4.69, 9.17) is 0 Å². The average Bonchev–Trinajstić information content (AvgIpc) is 2.67. The minimum Gasteiger partial charge on any atom is -0.342 e. The van der Waals surface area contributed by atoms with Crippen LogP contribution in [0.3, 0.4) is 0 Å². The molecule has 98 valence electrons. The predicted octanol–water partition coefficient (Wildman–Crippen LogP) is 1.96. The van der Waals surface area contributed by atoms with Gasteiger partial charge in [-0.1, -0.05) is 19.9 Å². The number of nitrogens with one attached hydrogen (secondary N) is 3. The zero-order valence-corrected chi connectivity index (χ0v) is 11.4. The van der Waals surface area contributed by atoms with Gasteiger partial charge >= 0.3 is 0 Å². The molecule has 3 N–H and O–H groups in total. The second-order valence-electron chi connectivity index (χ2n) is 4.96. The van der Waals surface area contributed by atoms with E-state index in [1.165, 1.54) is 5.56 Å². The number of aromatic nitrogens is 2. The van der Waals surface area contributed by atoms with Gasteiger partial charge in [0, 0.05) is 25.7 Å². The fourth-order valence-electron chi connectivity index (χ4n) is 1.98. The number of nitrogens with zero attached hydrogens (tertiary/aromatic N) is 1. The van der Waals surface area contributed by atoms with Gasteiger partial charge < -0.3 is 15.6 Å². The summed E-state index contributed by atoms with van der Waals surface area (Å²) in [5.41, 5.74) is 3.44. The third kappa shape index (κ3) is 3.55. The third-order valence-electron chi connectivity index (χ3n) is 2.85. The van der Waals surface area contributed by atoms with Gasteiger partial charge in [0.05, 0.1) is 11.0 Å². The second-order valence-corrected chi connectivity index (χ2v) is 4.96. The fourth-order valence-corrected chi connectivity index (χ4v) is 1.98. The molecular formula is C14H22N4. The van der Waals surface area contributed by atoms with E-state index in [1.54, 1.807) is 0 Å². The van der Waals surface area contributed by atoms with Crippen LogP contribution in [-0.4, -0.2) is 29.1 Å². The number of aromatic amines is 1. The van der Waals surface area contributed by atoms with Crippen LogP contribution in [0, 0.1) is 6.92 Å². The highest BCUT2D eigenvalue weighted by Gasteiger charge is 2.00.